The zero-order valence-electron chi connectivity index (χ0n) is 7.67. The number of carboxylic acid groups (broad SMARTS) is 2. The first-order valence-corrected chi connectivity index (χ1v) is 4.03. The molecule has 86 valence electrons. The van der Waals surface area contributed by atoms with Gasteiger partial charge >= 0.3 is 11.9 Å². The summed E-state index contributed by atoms with van der Waals surface area (Å²) < 4.78 is 0. The Labute approximate surface area is 87.5 Å². The summed E-state index contributed by atoms with van der Waals surface area (Å²) >= 11 is 0. The zero-order chi connectivity index (χ0) is 12.7. The van der Waals surface area contributed by atoms with Crippen molar-refractivity contribution in [2.45, 2.75) is 12.0 Å². The molecular formula is C8H6O8. The lowest BCUT2D eigenvalue weighted by Gasteiger charge is -2.30. The molecule has 0 aromatic rings. The number of hydrogen-bond acceptors (Lipinski definition) is 6. The van der Waals surface area contributed by atoms with E-state index in [1.54, 1.807) is 0 Å². The highest BCUT2D eigenvalue weighted by molar-refractivity contribution is 6.68. The van der Waals surface area contributed by atoms with Crippen molar-refractivity contribution in [1.29, 1.82) is 0 Å². The minimum Gasteiger partial charge on any atom is -0.481 e. The summed E-state index contributed by atoms with van der Waals surface area (Å²) in [7, 11) is 0. The Bertz CT molecular complexity index is 422. The van der Waals surface area contributed by atoms with Crippen molar-refractivity contribution in [3.8, 4) is 0 Å². The second kappa shape index (κ2) is 3.49. The number of aliphatic hydroxyl groups is 1. The highest BCUT2D eigenvalue weighted by Crippen LogP contribution is 2.28. The van der Waals surface area contributed by atoms with Crippen LogP contribution in [-0.2, 0) is 24.0 Å². The molecule has 0 aromatic carbocycles. The van der Waals surface area contributed by atoms with E-state index >= 15 is 0 Å². The first-order valence-electron chi connectivity index (χ1n) is 4.03. The van der Waals surface area contributed by atoms with Crippen molar-refractivity contribution in [3.63, 3.8) is 0 Å². The van der Waals surface area contributed by atoms with Gasteiger partial charge in [-0.05, 0) is 0 Å². The molecule has 1 saturated carbocycles. The summed E-state index contributed by atoms with van der Waals surface area (Å²) in [5, 5.41) is 26.6. The maximum atomic E-state index is 11.1. The van der Waals surface area contributed by atoms with Gasteiger partial charge in [-0.2, -0.15) is 0 Å². The van der Waals surface area contributed by atoms with Gasteiger partial charge in [0.25, 0.3) is 5.78 Å². The lowest BCUT2D eigenvalue weighted by molar-refractivity contribution is -0.184. The maximum absolute atomic E-state index is 11.1. The quantitative estimate of drug-likeness (QED) is 0.352. The summed E-state index contributed by atoms with van der Waals surface area (Å²) in [4.78, 5) is 54.2. The van der Waals surface area contributed by atoms with Gasteiger partial charge in [-0.1, -0.05) is 0 Å². The molecule has 8 nitrogen and oxygen atoms in total. The van der Waals surface area contributed by atoms with Crippen LogP contribution >= 0.6 is 0 Å². The van der Waals surface area contributed by atoms with E-state index in [2.05, 4.69) is 0 Å². The fraction of sp³-hybridized carbons (Fsp3) is 0.375. The fourth-order valence-electron chi connectivity index (χ4n) is 1.40. The summed E-state index contributed by atoms with van der Waals surface area (Å²) in [6.45, 7) is 0. The van der Waals surface area contributed by atoms with Crippen molar-refractivity contribution >= 4 is 29.3 Å². The van der Waals surface area contributed by atoms with Gasteiger partial charge in [0.15, 0.2) is 0 Å². The molecule has 0 aromatic heterocycles. The van der Waals surface area contributed by atoms with E-state index in [0.717, 1.165) is 0 Å². The molecule has 1 aliphatic rings. The van der Waals surface area contributed by atoms with Crippen molar-refractivity contribution in [2.24, 2.45) is 5.92 Å². The summed E-state index contributed by atoms with van der Waals surface area (Å²) in [5.74, 6) is -11.1. The van der Waals surface area contributed by atoms with Crippen LogP contribution in [0.5, 0.6) is 0 Å². The van der Waals surface area contributed by atoms with Gasteiger partial charge in [-0.3, -0.25) is 19.2 Å². The van der Waals surface area contributed by atoms with Gasteiger partial charge in [0, 0.05) is 6.42 Å². The minimum atomic E-state index is -3.36. The molecule has 0 saturated heterocycles. The Hall–Kier alpha value is -2.09. The molecule has 0 heterocycles. The molecule has 0 radical (unpaired) electrons. The normalized spacial score (nSPS) is 30.3. The number of hydrogen-bond donors (Lipinski definition) is 3. The Kier molecular flexibility index (Phi) is 2.61. The molecule has 2 atom stereocenters. The molecule has 0 aliphatic heterocycles. The standard InChI is InChI=1S/C8H6O8/c9-3-1-2(6(12)13)8(16,7(14)15)5(11)4(3)10/h2,16H,1H2,(H,12,13)(H,14,15). The van der Waals surface area contributed by atoms with E-state index in [1.807, 2.05) is 0 Å². The Morgan fingerprint density at radius 2 is 1.69 bits per heavy atom. The lowest BCUT2D eigenvalue weighted by Crippen LogP contribution is -2.62. The molecule has 1 aliphatic carbocycles. The second-order valence-electron chi connectivity index (χ2n) is 3.25. The van der Waals surface area contributed by atoms with Gasteiger partial charge in [-0.25, -0.2) is 4.79 Å². The van der Waals surface area contributed by atoms with Gasteiger partial charge in [0.05, 0.1) is 0 Å². The largest absolute Gasteiger partial charge is 0.481 e. The first kappa shape index (κ1) is 12.0. The maximum Gasteiger partial charge on any atom is 0.345 e. The Morgan fingerprint density at radius 3 is 2.06 bits per heavy atom. The zero-order valence-corrected chi connectivity index (χ0v) is 7.67. The van der Waals surface area contributed by atoms with E-state index < -0.39 is 47.2 Å². The average Bonchev–Trinajstić information content (AvgIpc) is 2.19. The van der Waals surface area contributed by atoms with Gasteiger partial charge in [0.2, 0.25) is 17.2 Å². The van der Waals surface area contributed by atoms with Gasteiger partial charge < -0.3 is 15.3 Å². The predicted octanol–water partition coefficient (Wildman–Crippen LogP) is -2.39. The third kappa shape index (κ3) is 1.39. The molecule has 1 rings (SSSR count). The molecule has 0 bridgehead atoms. The summed E-state index contributed by atoms with van der Waals surface area (Å²) in [6.07, 6.45) is -1.01. The summed E-state index contributed by atoms with van der Waals surface area (Å²) in [6, 6.07) is 0. The van der Waals surface area contributed by atoms with E-state index in [0.29, 0.717) is 0 Å². The number of ketones is 3. The Balaban J connectivity index is 3.34. The number of carbonyl (C=O) groups excluding carboxylic acids is 3. The smallest absolute Gasteiger partial charge is 0.345 e. The van der Waals surface area contributed by atoms with Crippen LogP contribution in [0.15, 0.2) is 0 Å². The van der Waals surface area contributed by atoms with E-state index in [1.165, 1.54) is 0 Å². The predicted molar refractivity (Wildman–Crippen MR) is 43.3 cm³/mol. The van der Waals surface area contributed by atoms with Crippen LogP contribution in [0.25, 0.3) is 0 Å². The van der Waals surface area contributed by atoms with E-state index in [-0.39, 0.29) is 0 Å². The number of Topliss-reactive ketones (excluding diaryl/α,β-unsaturated/α-hetero) is 3. The molecule has 3 N–H and O–H groups in total. The molecule has 0 spiro atoms. The van der Waals surface area contributed by atoms with E-state index in [9.17, 15) is 29.1 Å². The highest BCUT2D eigenvalue weighted by Gasteiger charge is 2.61. The number of aliphatic carboxylic acids is 2. The van der Waals surface area contributed by atoms with Crippen LogP contribution in [0, 0.1) is 5.92 Å². The molecule has 2 unspecified atom stereocenters. The van der Waals surface area contributed by atoms with Crippen LogP contribution in [-0.4, -0.2) is 50.2 Å². The molecule has 1 fully saturated rings. The number of rotatable bonds is 2. The van der Waals surface area contributed by atoms with Crippen LogP contribution in [0.4, 0.5) is 0 Å². The second-order valence-corrected chi connectivity index (χ2v) is 3.25. The number of carboxylic acids is 2. The van der Waals surface area contributed by atoms with Gasteiger partial charge in [0.1, 0.15) is 5.92 Å². The molecule has 8 heteroatoms. The van der Waals surface area contributed by atoms with Crippen LogP contribution in [0.1, 0.15) is 6.42 Å². The van der Waals surface area contributed by atoms with E-state index in [4.69, 9.17) is 10.2 Å². The van der Waals surface area contributed by atoms with Crippen LogP contribution in [0.2, 0.25) is 0 Å². The lowest BCUT2D eigenvalue weighted by atomic mass is 9.73. The highest BCUT2D eigenvalue weighted by atomic mass is 16.4. The molecule has 0 amide bonds. The van der Waals surface area contributed by atoms with Crippen LogP contribution in [0.3, 0.4) is 0 Å². The average molecular weight is 230 g/mol. The first-order chi connectivity index (χ1) is 7.22. The third-order valence-corrected chi connectivity index (χ3v) is 2.32. The third-order valence-electron chi connectivity index (χ3n) is 2.32. The molecule has 16 heavy (non-hydrogen) atoms. The molecular weight excluding hydrogens is 224 g/mol. The van der Waals surface area contributed by atoms with Crippen LogP contribution < -0.4 is 0 Å². The van der Waals surface area contributed by atoms with Crippen molar-refractivity contribution in [2.75, 3.05) is 0 Å². The Morgan fingerprint density at radius 1 is 1.19 bits per heavy atom. The monoisotopic (exact) mass is 230 g/mol. The fourth-order valence-corrected chi connectivity index (χ4v) is 1.40. The van der Waals surface area contributed by atoms with Gasteiger partial charge in [-0.15, -0.1) is 0 Å². The topological polar surface area (TPSA) is 146 Å². The van der Waals surface area contributed by atoms with Crippen molar-refractivity contribution in [3.05, 3.63) is 0 Å². The van der Waals surface area contributed by atoms with Crippen molar-refractivity contribution < 1.29 is 39.3 Å². The minimum absolute atomic E-state index is 1.01. The number of carbonyl (C=O) groups is 5. The van der Waals surface area contributed by atoms with Crippen molar-refractivity contribution in [1.82, 2.24) is 0 Å². The summed E-state index contributed by atoms with van der Waals surface area (Å²) in [5.41, 5.74) is -3.36. The SMILES string of the molecule is O=C1CC(C(=O)O)C(O)(C(=O)O)C(=O)C1=O.